The van der Waals surface area contributed by atoms with Crippen molar-refractivity contribution in [3.63, 3.8) is 0 Å². The van der Waals surface area contributed by atoms with Crippen LogP contribution < -0.4 is 15.6 Å². The number of nitrogens with zero attached hydrogens (tertiary/aromatic N) is 2. The number of halogens is 1. The number of piperidine rings is 1. The van der Waals surface area contributed by atoms with Gasteiger partial charge in [-0.15, -0.1) is 0 Å². The number of hydrogen-bond donors (Lipinski definition) is 2. The smallest absolute Gasteiger partial charge is 0.407 e. The Bertz CT molecular complexity index is 1210. The Kier molecular flexibility index (Phi) is 4.91. The topological polar surface area (TPSA) is 101 Å². The van der Waals surface area contributed by atoms with Gasteiger partial charge in [-0.25, -0.2) is 14.0 Å². The van der Waals surface area contributed by atoms with Crippen molar-refractivity contribution < 1.29 is 23.8 Å². The lowest BCUT2D eigenvalue weighted by Gasteiger charge is -2.35. The van der Waals surface area contributed by atoms with Crippen LogP contribution in [0.4, 0.5) is 14.9 Å². The highest BCUT2D eigenvalue weighted by Gasteiger charge is 2.49. The summed E-state index contributed by atoms with van der Waals surface area (Å²) < 4.78 is 22.5. The first-order valence-electron chi connectivity index (χ1n) is 11.4. The molecule has 1 amide bonds. The fraction of sp³-hybridized carbons (Fsp3) is 0.542. The van der Waals surface area contributed by atoms with E-state index in [1.54, 1.807) is 31.4 Å². The van der Waals surface area contributed by atoms with Gasteiger partial charge in [0.05, 0.1) is 17.2 Å². The third-order valence-electron chi connectivity index (χ3n) is 6.68. The summed E-state index contributed by atoms with van der Waals surface area (Å²) in [6.45, 7) is 6.52. The van der Waals surface area contributed by atoms with Crippen LogP contribution >= 0.6 is 0 Å². The van der Waals surface area contributed by atoms with Gasteiger partial charge in [0.25, 0.3) is 0 Å². The normalized spacial score (nSPS) is 24.4. The zero-order valence-corrected chi connectivity index (χ0v) is 18.9. The van der Waals surface area contributed by atoms with Gasteiger partial charge in [-0.05, 0) is 64.0 Å². The lowest BCUT2D eigenvalue weighted by atomic mass is 10.0. The van der Waals surface area contributed by atoms with E-state index >= 15 is 4.39 Å². The summed E-state index contributed by atoms with van der Waals surface area (Å²) in [5.41, 5.74) is -0.723. The second kappa shape index (κ2) is 7.46. The number of fused-ring (bicyclic) bond motifs is 2. The number of carbonyl (C=O) groups is 2. The molecule has 0 unspecified atom stereocenters. The summed E-state index contributed by atoms with van der Waals surface area (Å²) in [5.74, 6) is -1.18. The minimum absolute atomic E-state index is 0.0767. The van der Waals surface area contributed by atoms with Gasteiger partial charge in [-0.1, -0.05) is 0 Å². The molecule has 33 heavy (non-hydrogen) atoms. The molecule has 2 saturated carbocycles. The predicted molar refractivity (Wildman–Crippen MR) is 120 cm³/mol. The molecule has 5 rings (SSSR count). The minimum atomic E-state index is -1.31. The molecule has 3 fully saturated rings. The number of benzene rings is 1. The number of carboxylic acids is 1. The molecule has 2 heterocycles. The van der Waals surface area contributed by atoms with Crippen molar-refractivity contribution in [2.24, 2.45) is 11.8 Å². The highest BCUT2D eigenvalue weighted by Crippen LogP contribution is 2.47. The van der Waals surface area contributed by atoms with Gasteiger partial charge in [0, 0.05) is 30.7 Å². The number of anilines is 1. The summed E-state index contributed by atoms with van der Waals surface area (Å²) in [6.07, 6.45) is 3.63. The van der Waals surface area contributed by atoms with Crippen LogP contribution in [0.5, 0.6) is 0 Å². The molecular formula is C24H28FN3O5. The van der Waals surface area contributed by atoms with Crippen molar-refractivity contribution in [3.8, 4) is 0 Å². The van der Waals surface area contributed by atoms with E-state index in [0.29, 0.717) is 36.1 Å². The second-order valence-corrected chi connectivity index (χ2v) is 10.5. The first kappa shape index (κ1) is 21.7. The van der Waals surface area contributed by atoms with Crippen LogP contribution in [0.15, 0.2) is 23.1 Å². The van der Waals surface area contributed by atoms with E-state index in [1.165, 1.54) is 6.20 Å². The molecule has 3 atom stereocenters. The fourth-order valence-corrected chi connectivity index (χ4v) is 4.92. The lowest BCUT2D eigenvalue weighted by molar-refractivity contribution is 0.0494. The van der Waals surface area contributed by atoms with Gasteiger partial charge in [0.2, 0.25) is 5.43 Å². The van der Waals surface area contributed by atoms with Gasteiger partial charge in [0.1, 0.15) is 17.0 Å². The molecule has 1 aromatic carbocycles. The number of hydrogen-bond acceptors (Lipinski definition) is 5. The average molecular weight is 458 g/mol. The molecule has 8 nitrogen and oxygen atoms in total. The van der Waals surface area contributed by atoms with Crippen molar-refractivity contribution >= 4 is 28.7 Å². The standard InChI is InChI=1S/C24H28FN3O5/c1-24(2,3)33-23(32)26-18-11-27(9-12-6-14(12)18)20-8-19-15(7-17(20)25)21(29)16(22(30)31)10-28(19)13-4-5-13/h7-8,10,12-14,18H,4-6,9,11H2,1-3H3,(H,26,32)(H,30,31)/t12-,14-,18-/m0/s1. The second-order valence-electron chi connectivity index (χ2n) is 10.5. The molecular weight excluding hydrogens is 429 g/mol. The van der Waals surface area contributed by atoms with Crippen LogP contribution in [0.1, 0.15) is 56.4 Å². The molecule has 176 valence electrons. The largest absolute Gasteiger partial charge is 0.477 e. The predicted octanol–water partition coefficient (Wildman–Crippen LogP) is 3.52. The van der Waals surface area contributed by atoms with Gasteiger partial charge in [-0.3, -0.25) is 4.79 Å². The van der Waals surface area contributed by atoms with Gasteiger partial charge in [0.15, 0.2) is 0 Å². The molecule has 2 N–H and O–H groups in total. The van der Waals surface area contributed by atoms with E-state index in [9.17, 15) is 19.5 Å². The van der Waals surface area contributed by atoms with Crippen LogP contribution in [-0.2, 0) is 4.74 Å². The van der Waals surface area contributed by atoms with E-state index in [-0.39, 0.29) is 23.0 Å². The minimum Gasteiger partial charge on any atom is -0.477 e. The Hall–Kier alpha value is -3.10. The van der Waals surface area contributed by atoms with Gasteiger partial charge in [-0.2, -0.15) is 0 Å². The summed E-state index contributed by atoms with van der Waals surface area (Å²) in [4.78, 5) is 38.5. The molecule has 0 spiro atoms. The summed E-state index contributed by atoms with van der Waals surface area (Å²) >= 11 is 0. The molecule has 2 aromatic rings. The molecule has 3 aliphatic rings. The van der Waals surface area contributed by atoms with Crippen LogP contribution in [0, 0.1) is 17.7 Å². The Morgan fingerprint density at radius 3 is 2.58 bits per heavy atom. The quantitative estimate of drug-likeness (QED) is 0.729. The molecule has 0 bridgehead atoms. The number of carbonyl (C=O) groups excluding carboxylic acids is 1. The maximum atomic E-state index is 15.3. The van der Waals surface area contributed by atoms with Crippen LogP contribution in [0.3, 0.4) is 0 Å². The third-order valence-corrected chi connectivity index (χ3v) is 6.68. The van der Waals surface area contributed by atoms with Crippen molar-refractivity contribution in [1.29, 1.82) is 0 Å². The molecule has 0 radical (unpaired) electrons. The SMILES string of the molecule is CC(C)(C)OC(=O)N[C@H]1CN(c2cc3c(cc2F)c(=O)c(C(=O)O)cn3C2CC2)C[C@@H]2C[C@@H]21. The Morgan fingerprint density at radius 1 is 1.21 bits per heavy atom. The molecule has 2 aliphatic carbocycles. The number of aromatic nitrogens is 1. The van der Waals surface area contributed by atoms with E-state index in [4.69, 9.17) is 4.74 Å². The highest BCUT2D eigenvalue weighted by molar-refractivity contribution is 5.93. The zero-order chi connectivity index (χ0) is 23.7. The number of alkyl carbamates (subject to hydrolysis) is 1. The molecule has 9 heteroatoms. The van der Waals surface area contributed by atoms with Crippen LogP contribution in [0.2, 0.25) is 0 Å². The molecule has 1 saturated heterocycles. The van der Waals surface area contributed by atoms with Gasteiger partial charge < -0.3 is 24.6 Å². The number of carboxylic acid groups (broad SMARTS) is 1. The van der Waals surface area contributed by atoms with Crippen molar-refractivity contribution in [1.82, 2.24) is 9.88 Å². The van der Waals surface area contributed by atoms with Crippen molar-refractivity contribution in [2.75, 3.05) is 18.0 Å². The molecule has 1 aromatic heterocycles. The lowest BCUT2D eigenvalue weighted by Crippen LogP contribution is -2.50. The van der Waals surface area contributed by atoms with Crippen molar-refractivity contribution in [2.45, 2.75) is 57.7 Å². The summed E-state index contributed by atoms with van der Waals surface area (Å²) in [6, 6.07) is 2.77. The first-order valence-corrected chi connectivity index (χ1v) is 11.4. The number of rotatable bonds is 4. The van der Waals surface area contributed by atoms with E-state index in [2.05, 4.69) is 5.32 Å². The number of aromatic carboxylic acids is 1. The van der Waals surface area contributed by atoms with E-state index in [0.717, 1.165) is 25.3 Å². The Morgan fingerprint density at radius 2 is 1.94 bits per heavy atom. The number of pyridine rings is 1. The zero-order valence-electron chi connectivity index (χ0n) is 18.9. The first-order chi connectivity index (χ1) is 15.5. The van der Waals surface area contributed by atoms with Gasteiger partial charge >= 0.3 is 12.1 Å². The number of amides is 1. The maximum absolute atomic E-state index is 15.3. The summed E-state index contributed by atoms with van der Waals surface area (Å²) in [7, 11) is 0. The summed E-state index contributed by atoms with van der Waals surface area (Å²) in [5, 5.41) is 12.4. The maximum Gasteiger partial charge on any atom is 0.407 e. The monoisotopic (exact) mass is 457 g/mol. The molecule has 1 aliphatic heterocycles. The van der Waals surface area contributed by atoms with Crippen LogP contribution in [0.25, 0.3) is 10.9 Å². The van der Waals surface area contributed by atoms with Crippen LogP contribution in [-0.4, -0.2) is 46.5 Å². The highest BCUT2D eigenvalue weighted by atomic mass is 19.1. The number of ether oxygens (including phenoxy) is 1. The Balaban J connectivity index is 1.48. The fourth-order valence-electron chi connectivity index (χ4n) is 4.92. The third kappa shape index (κ3) is 4.16. The van der Waals surface area contributed by atoms with Crippen molar-refractivity contribution in [3.05, 3.63) is 39.9 Å². The van der Waals surface area contributed by atoms with E-state index in [1.807, 2.05) is 4.90 Å². The Labute approximate surface area is 190 Å². The average Bonchev–Trinajstić information content (AvgIpc) is 3.60. The van der Waals surface area contributed by atoms with E-state index < -0.39 is 28.9 Å². The number of nitrogens with one attached hydrogen (secondary N) is 1.